The molecule has 0 saturated carbocycles. The second kappa shape index (κ2) is 8.64. The van der Waals surface area contributed by atoms with Gasteiger partial charge in [0.05, 0.1) is 16.5 Å². The van der Waals surface area contributed by atoms with Crippen molar-refractivity contribution in [2.45, 2.75) is 13.0 Å². The molecular weight excluding hydrogens is 383 g/mol. The lowest BCUT2D eigenvalue weighted by molar-refractivity contribution is -0.384. The molecule has 136 valence electrons. The summed E-state index contributed by atoms with van der Waals surface area (Å²) in [6.07, 6.45) is 0. The molecule has 26 heavy (non-hydrogen) atoms. The Balaban J connectivity index is 1.95. The van der Waals surface area contributed by atoms with Crippen LogP contribution in [0.5, 0.6) is 0 Å². The summed E-state index contributed by atoms with van der Waals surface area (Å²) < 4.78 is 4.88. The molecule has 2 rings (SSSR count). The van der Waals surface area contributed by atoms with E-state index in [1.54, 1.807) is 31.2 Å². The van der Waals surface area contributed by atoms with Crippen molar-refractivity contribution in [1.29, 1.82) is 0 Å². The molecule has 7 nitrogen and oxygen atoms in total. The van der Waals surface area contributed by atoms with Crippen molar-refractivity contribution in [3.63, 3.8) is 0 Å². The summed E-state index contributed by atoms with van der Waals surface area (Å²) in [5, 5.41) is 13.9. The van der Waals surface area contributed by atoms with Crippen molar-refractivity contribution >= 4 is 40.8 Å². The summed E-state index contributed by atoms with van der Waals surface area (Å²) in [4.78, 5) is 34.0. The number of carbonyl (C=O) groups excluding carboxylic acids is 2. The van der Waals surface area contributed by atoms with Gasteiger partial charge < -0.3 is 10.1 Å². The number of rotatable bonds is 6. The Morgan fingerprint density at radius 2 is 1.88 bits per heavy atom. The van der Waals surface area contributed by atoms with Crippen LogP contribution in [-0.4, -0.2) is 23.4 Å². The molecule has 0 radical (unpaired) electrons. The molecule has 0 spiro atoms. The number of nitrogens with zero attached hydrogens (tertiary/aromatic N) is 1. The van der Waals surface area contributed by atoms with E-state index >= 15 is 0 Å². The number of nitrogens with one attached hydrogen (secondary N) is 1. The average molecular weight is 397 g/mol. The quantitative estimate of drug-likeness (QED) is 0.452. The fourth-order valence-electron chi connectivity index (χ4n) is 2.18. The first kappa shape index (κ1) is 19.7. The Morgan fingerprint density at radius 3 is 2.54 bits per heavy atom. The number of ether oxygens (including phenoxy) is 1. The number of esters is 1. The number of hydrogen-bond acceptors (Lipinski definition) is 5. The molecule has 2 aromatic carbocycles. The van der Waals surface area contributed by atoms with E-state index in [0.29, 0.717) is 5.02 Å². The fourth-order valence-corrected chi connectivity index (χ4v) is 2.67. The number of nitro groups is 1. The minimum Gasteiger partial charge on any atom is -0.452 e. The predicted octanol–water partition coefficient (Wildman–Crippen LogP) is 3.94. The van der Waals surface area contributed by atoms with Gasteiger partial charge in [0, 0.05) is 11.1 Å². The molecule has 0 heterocycles. The van der Waals surface area contributed by atoms with Crippen LogP contribution in [0.15, 0.2) is 42.5 Å². The number of amides is 1. The molecule has 0 saturated heterocycles. The maximum Gasteiger partial charge on any atom is 0.338 e. The van der Waals surface area contributed by atoms with E-state index in [-0.39, 0.29) is 16.6 Å². The maximum atomic E-state index is 12.0. The molecule has 0 aliphatic heterocycles. The van der Waals surface area contributed by atoms with Gasteiger partial charge >= 0.3 is 5.97 Å². The second-order valence-electron chi connectivity index (χ2n) is 5.31. The first-order valence-electron chi connectivity index (χ1n) is 7.44. The Labute approximate surface area is 159 Å². The van der Waals surface area contributed by atoms with Gasteiger partial charge in [0.25, 0.3) is 11.6 Å². The standard InChI is InChI=1S/C17H14Cl2N2O5/c1-10(12-4-2-3-5-13(12)18)20-16(22)9-26-17(23)11-6-7-14(19)15(8-11)21(24)25/h2-8,10H,9H2,1H3,(H,20,22)/t10-/m1/s1. The van der Waals surface area contributed by atoms with Crippen molar-refractivity contribution in [2.24, 2.45) is 0 Å². The van der Waals surface area contributed by atoms with Gasteiger partial charge in [-0.15, -0.1) is 0 Å². The Kier molecular flexibility index (Phi) is 6.54. The van der Waals surface area contributed by atoms with Gasteiger partial charge in [-0.05, 0) is 30.7 Å². The van der Waals surface area contributed by atoms with E-state index in [1.165, 1.54) is 12.1 Å². The molecule has 1 N–H and O–H groups in total. The van der Waals surface area contributed by atoms with E-state index in [2.05, 4.69) is 5.32 Å². The van der Waals surface area contributed by atoms with Crippen molar-refractivity contribution in [1.82, 2.24) is 5.32 Å². The van der Waals surface area contributed by atoms with Crippen LogP contribution < -0.4 is 5.32 Å². The SMILES string of the molecule is C[C@@H](NC(=O)COC(=O)c1ccc(Cl)c([N+](=O)[O-])c1)c1ccccc1Cl. The Hall–Kier alpha value is -2.64. The summed E-state index contributed by atoms with van der Waals surface area (Å²) >= 11 is 11.7. The highest BCUT2D eigenvalue weighted by atomic mass is 35.5. The van der Waals surface area contributed by atoms with Gasteiger partial charge in [-0.1, -0.05) is 41.4 Å². The normalized spacial score (nSPS) is 11.5. The minimum atomic E-state index is -0.870. The van der Waals surface area contributed by atoms with E-state index < -0.39 is 29.1 Å². The van der Waals surface area contributed by atoms with Crippen LogP contribution in [0.2, 0.25) is 10.0 Å². The fraction of sp³-hybridized carbons (Fsp3) is 0.176. The van der Waals surface area contributed by atoms with Crippen molar-refractivity contribution in [3.05, 3.63) is 73.8 Å². The summed E-state index contributed by atoms with van der Waals surface area (Å²) in [5.74, 6) is -1.40. The zero-order valence-electron chi connectivity index (χ0n) is 13.6. The number of halogens is 2. The molecule has 0 aliphatic carbocycles. The lowest BCUT2D eigenvalue weighted by atomic mass is 10.1. The predicted molar refractivity (Wildman–Crippen MR) is 96.4 cm³/mol. The summed E-state index contributed by atoms with van der Waals surface area (Å²) in [5.41, 5.74) is 0.230. The van der Waals surface area contributed by atoms with Crippen LogP contribution in [-0.2, 0) is 9.53 Å². The topological polar surface area (TPSA) is 98.5 Å². The number of nitro benzene ring substituents is 1. The zero-order valence-corrected chi connectivity index (χ0v) is 15.1. The van der Waals surface area contributed by atoms with Gasteiger partial charge in [-0.3, -0.25) is 14.9 Å². The summed E-state index contributed by atoms with van der Waals surface area (Å²) in [6, 6.07) is 10.1. The molecule has 0 aromatic heterocycles. The highest BCUT2D eigenvalue weighted by Gasteiger charge is 2.18. The molecule has 0 unspecified atom stereocenters. The van der Waals surface area contributed by atoms with Crippen molar-refractivity contribution in [2.75, 3.05) is 6.61 Å². The highest BCUT2D eigenvalue weighted by molar-refractivity contribution is 6.32. The number of hydrogen-bond donors (Lipinski definition) is 1. The van der Waals surface area contributed by atoms with Crippen LogP contribution in [0, 0.1) is 10.1 Å². The van der Waals surface area contributed by atoms with E-state index in [0.717, 1.165) is 11.6 Å². The zero-order chi connectivity index (χ0) is 19.3. The number of benzene rings is 2. The molecular formula is C17H14Cl2N2O5. The van der Waals surface area contributed by atoms with Crippen LogP contribution >= 0.6 is 23.2 Å². The molecule has 2 aromatic rings. The Morgan fingerprint density at radius 1 is 1.19 bits per heavy atom. The van der Waals surface area contributed by atoms with Gasteiger partial charge in [0.2, 0.25) is 0 Å². The molecule has 1 atom stereocenters. The molecule has 1 amide bonds. The first-order valence-corrected chi connectivity index (χ1v) is 8.20. The van der Waals surface area contributed by atoms with Crippen LogP contribution in [0.25, 0.3) is 0 Å². The van der Waals surface area contributed by atoms with Crippen LogP contribution in [0.3, 0.4) is 0 Å². The largest absolute Gasteiger partial charge is 0.452 e. The smallest absolute Gasteiger partial charge is 0.338 e. The lowest BCUT2D eigenvalue weighted by Crippen LogP contribution is -2.31. The number of carbonyl (C=O) groups is 2. The highest BCUT2D eigenvalue weighted by Crippen LogP contribution is 2.25. The Bertz CT molecular complexity index is 857. The van der Waals surface area contributed by atoms with Gasteiger partial charge in [-0.2, -0.15) is 0 Å². The molecule has 0 fully saturated rings. The third-order valence-electron chi connectivity index (χ3n) is 3.46. The average Bonchev–Trinajstić information content (AvgIpc) is 2.60. The monoisotopic (exact) mass is 396 g/mol. The van der Waals surface area contributed by atoms with Crippen molar-refractivity contribution < 1.29 is 19.2 Å². The third kappa shape index (κ3) is 4.93. The van der Waals surface area contributed by atoms with E-state index in [9.17, 15) is 19.7 Å². The second-order valence-corrected chi connectivity index (χ2v) is 6.12. The summed E-state index contributed by atoms with van der Waals surface area (Å²) in [7, 11) is 0. The van der Waals surface area contributed by atoms with E-state index in [4.69, 9.17) is 27.9 Å². The van der Waals surface area contributed by atoms with Gasteiger partial charge in [0.15, 0.2) is 6.61 Å². The van der Waals surface area contributed by atoms with Gasteiger partial charge in [-0.25, -0.2) is 4.79 Å². The van der Waals surface area contributed by atoms with Crippen LogP contribution in [0.4, 0.5) is 5.69 Å². The molecule has 0 aliphatic rings. The molecule has 0 bridgehead atoms. The van der Waals surface area contributed by atoms with Crippen LogP contribution in [0.1, 0.15) is 28.9 Å². The van der Waals surface area contributed by atoms with E-state index in [1.807, 2.05) is 0 Å². The van der Waals surface area contributed by atoms with Gasteiger partial charge in [0.1, 0.15) is 5.02 Å². The summed E-state index contributed by atoms with van der Waals surface area (Å²) in [6.45, 7) is 1.20. The third-order valence-corrected chi connectivity index (χ3v) is 4.13. The van der Waals surface area contributed by atoms with Crippen molar-refractivity contribution in [3.8, 4) is 0 Å². The molecule has 9 heteroatoms. The lowest BCUT2D eigenvalue weighted by Gasteiger charge is -2.15. The first-order chi connectivity index (χ1) is 12.3. The maximum absolute atomic E-state index is 12.0. The minimum absolute atomic E-state index is 0.0759.